The molecule has 1 rings (SSSR count). The van der Waals surface area contributed by atoms with Crippen LogP contribution in [0, 0.1) is 16.0 Å². The van der Waals surface area contributed by atoms with Crippen LogP contribution >= 0.6 is 7.82 Å². The molecule has 0 aromatic heterocycles. The van der Waals surface area contributed by atoms with Crippen LogP contribution in [0.15, 0.2) is 18.2 Å². The molecular formula is C17H27N2O7P. The van der Waals surface area contributed by atoms with Crippen molar-refractivity contribution in [1.29, 1.82) is 0 Å². The predicted molar refractivity (Wildman–Crippen MR) is 100.0 cm³/mol. The van der Waals surface area contributed by atoms with Crippen LogP contribution in [0.3, 0.4) is 0 Å². The summed E-state index contributed by atoms with van der Waals surface area (Å²) in [4.78, 5) is 32.0. The number of phosphoric ester groups is 1. The molecule has 0 fully saturated rings. The molecule has 1 amide bonds. The molecule has 3 atom stereocenters. The second kappa shape index (κ2) is 10.5. The topological polar surface area (TPSA) is 128 Å². The summed E-state index contributed by atoms with van der Waals surface area (Å²) in [6.45, 7) is 5.76. The molecule has 2 N–H and O–H groups in total. The van der Waals surface area contributed by atoms with Crippen LogP contribution in [-0.2, 0) is 25.0 Å². The molecule has 152 valence electrons. The van der Waals surface area contributed by atoms with E-state index in [0.717, 1.165) is 20.0 Å². The number of phosphoric acid groups is 1. The van der Waals surface area contributed by atoms with Gasteiger partial charge in [-0.1, -0.05) is 26.3 Å². The summed E-state index contributed by atoms with van der Waals surface area (Å²) in [5.74, 6) is 0.369. The predicted octanol–water partition coefficient (Wildman–Crippen LogP) is 3.86. The minimum Gasteiger partial charge on any atom is -0.352 e. The Kier molecular flexibility index (Phi) is 9.05. The monoisotopic (exact) mass is 402 g/mol. The maximum Gasteiger partial charge on any atom is 0.472 e. The molecule has 0 saturated heterocycles. The minimum atomic E-state index is -4.31. The second-order valence-electron chi connectivity index (χ2n) is 6.38. The summed E-state index contributed by atoms with van der Waals surface area (Å²) in [5.41, 5.74) is 0.497. The quantitative estimate of drug-likeness (QED) is 0.327. The average molecular weight is 402 g/mol. The van der Waals surface area contributed by atoms with E-state index in [1.54, 1.807) is 0 Å². The molecule has 3 unspecified atom stereocenters. The van der Waals surface area contributed by atoms with E-state index >= 15 is 0 Å². The van der Waals surface area contributed by atoms with Crippen LogP contribution < -0.4 is 5.32 Å². The van der Waals surface area contributed by atoms with Gasteiger partial charge in [-0.2, -0.15) is 0 Å². The Morgan fingerprint density at radius 2 is 2.07 bits per heavy atom. The molecule has 9 nitrogen and oxygen atoms in total. The highest BCUT2D eigenvalue weighted by Crippen LogP contribution is 2.48. The molecule has 0 radical (unpaired) electrons. The number of carbonyl (C=O) groups is 1. The van der Waals surface area contributed by atoms with Crippen molar-refractivity contribution in [3.8, 4) is 0 Å². The van der Waals surface area contributed by atoms with E-state index in [0.29, 0.717) is 17.9 Å². The summed E-state index contributed by atoms with van der Waals surface area (Å²) >= 11 is 0. The van der Waals surface area contributed by atoms with Crippen molar-refractivity contribution in [3.63, 3.8) is 0 Å². The van der Waals surface area contributed by atoms with E-state index in [-0.39, 0.29) is 23.7 Å². The number of carbonyl (C=O) groups excluding carboxylic acids is 1. The number of amides is 1. The van der Waals surface area contributed by atoms with Crippen LogP contribution in [0.25, 0.3) is 0 Å². The highest BCUT2D eigenvalue weighted by molar-refractivity contribution is 7.47. The van der Waals surface area contributed by atoms with Crippen LogP contribution in [0.1, 0.15) is 57.3 Å². The SMILES string of the molecule is CCC(C)CCC(=O)NCc1ccc([N+](=O)[O-])c(C(C)OP(=O)(O)OC)c1. The van der Waals surface area contributed by atoms with Gasteiger partial charge in [0, 0.05) is 26.1 Å². The second-order valence-corrected chi connectivity index (χ2v) is 7.89. The Bertz CT molecular complexity index is 711. The third-order valence-corrected chi connectivity index (χ3v) is 5.34. The summed E-state index contributed by atoms with van der Waals surface area (Å²) in [7, 11) is -3.30. The number of nitrogens with one attached hydrogen (secondary N) is 1. The summed E-state index contributed by atoms with van der Waals surface area (Å²) in [5, 5.41) is 14.0. The molecule has 27 heavy (non-hydrogen) atoms. The third-order valence-electron chi connectivity index (χ3n) is 4.30. The molecule has 0 heterocycles. The zero-order chi connectivity index (χ0) is 20.6. The van der Waals surface area contributed by atoms with Crippen molar-refractivity contribution < 1.29 is 28.2 Å². The number of nitrogens with zero attached hydrogens (tertiary/aromatic N) is 1. The van der Waals surface area contributed by atoms with Gasteiger partial charge in [-0.3, -0.25) is 24.0 Å². The van der Waals surface area contributed by atoms with Crippen molar-refractivity contribution in [2.75, 3.05) is 7.11 Å². The fourth-order valence-corrected chi connectivity index (χ4v) is 2.98. The molecule has 0 bridgehead atoms. The highest BCUT2D eigenvalue weighted by atomic mass is 31.2. The number of nitro benzene ring substituents is 1. The van der Waals surface area contributed by atoms with Crippen molar-refractivity contribution in [1.82, 2.24) is 5.32 Å². The van der Waals surface area contributed by atoms with Crippen LogP contribution in [0.4, 0.5) is 5.69 Å². The normalized spacial score (nSPS) is 15.6. The summed E-state index contributed by atoms with van der Waals surface area (Å²) < 4.78 is 20.9. The molecule has 0 aliphatic heterocycles. The average Bonchev–Trinajstić information content (AvgIpc) is 2.63. The van der Waals surface area contributed by atoms with Gasteiger partial charge in [0.1, 0.15) is 0 Å². The van der Waals surface area contributed by atoms with Crippen molar-refractivity contribution in [2.24, 2.45) is 5.92 Å². The van der Waals surface area contributed by atoms with Crippen molar-refractivity contribution in [2.45, 2.75) is 52.7 Å². The Balaban J connectivity index is 2.87. The van der Waals surface area contributed by atoms with E-state index in [1.807, 2.05) is 0 Å². The number of hydrogen-bond acceptors (Lipinski definition) is 6. The molecule has 0 aliphatic carbocycles. The lowest BCUT2D eigenvalue weighted by atomic mass is 10.0. The fourth-order valence-electron chi connectivity index (χ4n) is 2.38. The first-order valence-corrected chi connectivity index (χ1v) is 10.2. The molecule has 10 heteroatoms. The van der Waals surface area contributed by atoms with Gasteiger partial charge < -0.3 is 10.2 Å². The van der Waals surface area contributed by atoms with Gasteiger partial charge in [0.25, 0.3) is 5.69 Å². The van der Waals surface area contributed by atoms with Crippen LogP contribution in [-0.4, -0.2) is 22.8 Å². The Hall–Kier alpha value is -1.80. The lowest BCUT2D eigenvalue weighted by Gasteiger charge is -2.17. The Morgan fingerprint density at radius 3 is 2.63 bits per heavy atom. The van der Waals surface area contributed by atoms with Crippen molar-refractivity contribution >= 4 is 19.4 Å². The van der Waals surface area contributed by atoms with Gasteiger partial charge in [0.2, 0.25) is 5.91 Å². The van der Waals surface area contributed by atoms with E-state index in [2.05, 4.69) is 23.7 Å². The fraction of sp³-hybridized carbons (Fsp3) is 0.588. The van der Waals surface area contributed by atoms with Crippen molar-refractivity contribution in [3.05, 3.63) is 39.4 Å². The number of benzene rings is 1. The van der Waals surface area contributed by atoms with Gasteiger partial charge in [0.05, 0.1) is 16.6 Å². The Morgan fingerprint density at radius 1 is 1.41 bits per heavy atom. The van der Waals surface area contributed by atoms with E-state index < -0.39 is 18.8 Å². The highest BCUT2D eigenvalue weighted by Gasteiger charge is 2.28. The smallest absolute Gasteiger partial charge is 0.352 e. The third kappa shape index (κ3) is 7.76. The molecule has 0 aliphatic rings. The first-order valence-electron chi connectivity index (χ1n) is 8.70. The van der Waals surface area contributed by atoms with Gasteiger partial charge >= 0.3 is 7.82 Å². The zero-order valence-electron chi connectivity index (χ0n) is 16.0. The summed E-state index contributed by atoms with van der Waals surface area (Å²) in [6.07, 6.45) is 1.16. The van der Waals surface area contributed by atoms with Gasteiger partial charge in [-0.25, -0.2) is 4.57 Å². The number of hydrogen-bond donors (Lipinski definition) is 2. The maximum absolute atomic E-state index is 11.9. The van der Waals surface area contributed by atoms with E-state index in [1.165, 1.54) is 25.1 Å². The van der Waals surface area contributed by atoms with E-state index in [4.69, 9.17) is 4.52 Å². The molecule has 1 aromatic rings. The van der Waals surface area contributed by atoms with Gasteiger partial charge in [-0.05, 0) is 30.9 Å². The van der Waals surface area contributed by atoms with Gasteiger partial charge in [0.15, 0.2) is 0 Å². The maximum atomic E-state index is 11.9. The lowest BCUT2D eigenvalue weighted by molar-refractivity contribution is -0.386. The minimum absolute atomic E-state index is 0.0984. The Labute approximate surface area is 158 Å². The number of rotatable bonds is 11. The lowest BCUT2D eigenvalue weighted by Crippen LogP contribution is -2.23. The summed E-state index contributed by atoms with van der Waals surface area (Å²) in [6, 6.07) is 4.29. The zero-order valence-corrected chi connectivity index (χ0v) is 16.9. The largest absolute Gasteiger partial charge is 0.472 e. The molecule has 1 aromatic carbocycles. The van der Waals surface area contributed by atoms with Gasteiger partial charge in [-0.15, -0.1) is 0 Å². The molecular weight excluding hydrogens is 375 g/mol. The first-order chi connectivity index (χ1) is 12.6. The first kappa shape index (κ1) is 23.2. The molecule has 0 saturated carbocycles. The molecule has 0 spiro atoms. The number of nitro groups is 1. The van der Waals surface area contributed by atoms with E-state index in [9.17, 15) is 24.4 Å². The van der Waals surface area contributed by atoms with Crippen LogP contribution in [0.5, 0.6) is 0 Å². The van der Waals surface area contributed by atoms with Crippen LogP contribution in [0.2, 0.25) is 0 Å². The standard InChI is InChI=1S/C17H27N2O7P/c1-5-12(2)6-9-17(20)18-11-14-7-8-16(19(21)22)15(10-14)13(3)26-27(23,24)25-4/h7-8,10,12-13H,5-6,9,11H2,1-4H3,(H,18,20)(H,23,24).